The van der Waals surface area contributed by atoms with Gasteiger partial charge in [0.2, 0.25) is 0 Å². The molecule has 10 nitrogen and oxygen atoms in total. The molecule has 3 amide bonds. The number of rotatable bonds is 7. The highest BCUT2D eigenvalue weighted by molar-refractivity contribution is 7.90. The lowest BCUT2D eigenvalue weighted by Crippen LogP contribution is -2.35. The third-order valence-electron chi connectivity index (χ3n) is 5.90. The van der Waals surface area contributed by atoms with Crippen LogP contribution in [-0.2, 0) is 47.5 Å². The van der Waals surface area contributed by atoms with E-state index in [1.54, 1.807) is 0 Å². The maximum Gasteiger partial charge on any atom is 0.333 e. The second kappa shape index (κ2) is 8.91. The number of anilines is 1. The lowest BCUT2D eigenvalue weighted by molar-refractivity contribution is 0.0927. The van der Waals surface area contributed by atoms with Crippen molar-refractivity contribution >= 4 is 27.6 Å². The third-order valence-corrected chi connectivity index (χ3v) is 7.10. The molecule has 4 rings (SSSR count). The second-order valence-electron chi connectivity index (χ2n) is 8.03. The fourth-order valence-corrected chi connectivity index (χ4v) is 5.32. The minimum Gasteiger partial charge on any atom is -0.383 e. The van der Waals surface area contributed by atoms with Crippen LogP contribution >= 0.6 is 0 Å². The van der Waals surface area contributed by atoms with E-state index < -0.39 is 27.0 Å². The lowest BCUT2D eigenvalue weighted by Gasteiger charge is -2.16. The Bertz CT molecular complexity index is 1140. The van der Waals surface area contributed by atoms with Gasteiger partial charge >= 0.3 is 6.03 Å². The van der Waals surface area contributed by atoms with Crippen molar-refractivity contribution in [2.45, 2.75) is 43.6 Å². The van der Waals surface area contributed by atoms with E-state index in [0.717, 1.165) is 66.1 Å². The van der Waals surface area contributed by atoms with Gasteiger partial charge in [-0.2, -0.15) is 13.5 Å². The highest BCUT2D eigenvalue weighted by atomic mass is 32.2. The van der Waals surface area contributed by atoms with Crippen LogP contribution in [0.4, 0.5) is 10.5 Å². The molecule has 1 aromatic heterocycles. The van der Waals surface area contributed by atoms with Crippen molar-refractivity contribution in [1.82, 2.24) is 19.8 Å². The van der Waals surface area contributed by atoms with Crippen molar-refractivity contribution in [1.29, 1.82) is 0 Å². The molecule has 0 spiro atoms. The summed E-state index contributed by atoms with van der Waals surface area (Å²) in [5.74, 6) is -0.488. The van der Waals surface area contributed by atoms with Crippen molar-refractivity contribution in [2.24, 2.45) is 7.05 Å². The highest BCUT2D eigenvalue weighted by Crippen LogP contribution is 2.38. The van der Waals surface area contributed by atoms with Crippen molar-refractivity contribution < 1.29 is 22.7 Å². The Balaban J connectivity index is 1.50. The van der Waals surface area contributed by atoms with Crippen LogP contribution in [0.15, 0.2) is 17.2 Å². The van der Waals surface area contributed by atoms with Crippen LogP contribution in [0.3, 0.4) is 0 Å². The third kappa shape index (κ3) is 4.35. The number of nitrogens with one attached hydrogen (secondary N) is 3. The van der Waals surface area contributed by atoms with Crippen molar-refractivity contribution in [3.8, 4) is 0 Å². The van der Waals surface area contributed by atoms with E-state index >= 15 is 0 Å². The monoisotopic (exact) mass is 461 g/mol. The fourth-order valence-electron chi connectivity index (χ4n) is 4.42. The van der Waals surface area contributed by atoms with Crippen LogP contribution < -0.4 is 15.4 Å². The predicted molar refractivity (Wildman–Crippen MR) is 117 cm³/mol. The summed E-state index contributed by atoms with van der Waals surface area (Å²) in [6.45, 7) is 0.596. The molecule has 0 radical (unpaired) electrons. The van der Waals surface area contributed by atoms with E-state index in [2.05, 4.69) is 21.8 Å². The fraction of sp³-hybridized carbons (Fsp3) is 0.476. The Morgan fingerprint density at radius 1 is 1.09 bits per heavy atom. The van der Waals surface area contributed by atoms with Gasteiger partial charge in [0.15, 0.2) is 5.03 Å². The highest BCUT2D eigenvalue weighted by Gasteiger charge is 2.28. The topological polar surface area (TPSA) is 131 Å². The number of carbonyl (C=O) groups excluding carboxylic acids is 2. The molecular weight excluding hydrogens is 434 g/mol. The summed E-state index contributed by atoms with van der Waals surface area (Å²) in [6.07, 6.45) is 5.73. The molecule has 11 heteroatoms. The number of sulfonamides is 1. The number of ether oxygens (including phenoxy) is 1. The second-order valence-corrected chi connectivity index (χ2v) is 9.66. The van der Waals surface area contributed by atoms with E-state index in [1.807, 2.05) is 4.72 Å². The number of amides is 3. The summed E-state index contributed by atoms with van der Waals surface area (Å²) < 4.78 is 33.6. The number of urea groups is 1. The van der Waals surface area contributed by atoms with Gasteiger partial charge in [-0.15, -0.1) is 0 Å². The quantitative estimate of drug-likeness (QED) is 0.533. The van der Waals surface area contributed by atoms with Gasteiger partial charge in [-0.1, -0.05) is 6.07 Å². The number of aromatic nitrogens is 2. The van der Waals surface area contributed by atoms with Crippen molar-refractivity contribution in [3.05, 3.63) is 40.1 Å². The standard InChI is InChI=1S/C21H27N5O5S/c1-26-17(20(27)22-9-10-31-2)12-18(24-26)32(29,30)25-21(28)23-19-15-7-3-5-13(15)11-14-6-4-8-16(14)19/h11-12H,3-10H2,1-2H3,(H,22,27)(H2,23,25,28). The zero-order valence-electron chi connectivity index (χ0n) is 18.2. The van der Waals surface area contributed by atoms with Gasteiger partial charge < -0.3 is 15.4 Å². The summed E-state index contributed by atoms with van der Waals surface area (Å²) in [5.41, 5.74) is 5.48. The van der Waals surface area contributed by atoms with Gasteiger partial charge in [0.25, 0.3) is 15.9 Å². The van der Waals surface area contributed by atoms with Crippen LogP contribution in [0.25, 0.3) is 0 Å². The molecule has 3 N–H and O–H groups in total. The molecule has 0 saturated heterocycles. The molecule has 0 atom stereocenters. The number of hydrogen-bond donors (Lipinski definition) is 3. The maximum absolute atomic E-state index is 12.7. The average molecular weight is 462 g/mol. The molecular formula is C21H27N5O5S. The molecule has 0 saturated carbocycles. The first-order valence-electron chi connectivity index (χ1n) is 10.6. The molecule has 0 aliphatic heterocycles. The van der Waals surface area contributed by atoms with Gasteiger partial charge in [0.1, 0.15) is 5.69 Å². The molecule has 1 heterocycles. The van der Waals surface area contributed by atoms with E-state index in [1.165, 1.54) is 25.3 Å². The minimum atomic E-state index is -4.27. The maximum atomic E-state index is 12.7. The lowest BCUT2D eigenvalue weighted by atomic mass is 9.99. The van der Waals surface area contributed by atoms with E-state index in [-0.39, 0.29) is 12.2 Å². The molecule has 2 aliphatic rings. The Morgan fingerprint density at radius 2 is 1.75 bits per heavy atom. The average Bonchev–Trinajstić information content (AvgIpc) is 3.46. The number of benzene rings is 1. The van der Waals surface area contributed by atoms with Gasteiger partial charge in [0.05, 0.1) is 6.61 Å². The van der Waals surface area contributed by atoms with Crippen LogP contribution in [0.1, 0.15) is 45.6 Å². The van der Waals surface area contributed by atoms with Gasteiger partial charge in [-0.3, -0.25) is 9.48 Å². The van der Waals surface area contributed by atoms with Gasteiger partial charge in [0, 0.05) is 32.5 Å². The summed E-state index contributed by atoms with van der Waals surface area (Å²) in [4.78, 5) is 24.9. The predicted octanol–water partition coefficient (Wildman–Crippen LogP) is 1.28. The summed E-state index contributed by atoms with van der Waals surface area (Å²) in [6, 6.07) is 2.53. The number of methoxy groups -OCH3 is 1. The van der Waals surface area contributed by atoms with Crippen LogP contribution in [-0.4, -0.2) is 50.4 Å². The first-order valence-corrected chi connectivity index (χ1v) is 12.1. The van der Waals surface area contributed by atoms with Gasteiger partial charge in [-0.25, -0.2) is 9.52 Å². The zero-order valence-corrected chi connectivity index (χ0v) is 19.0. The van der Waals surface area contributed by atoms with Gasteiger partial charge in [-0.05, 0) is 60.8 Å². The molecule has 2 aliphatic carbocycles. The molecule has 32 heavy (non-hydrogen) atoms. The molecule has 2 aromatic rings. The molecule has 1 aromatic carbocycles. The number of fused-ring (bicyclic) bond motifs is 2. The first-order chi connectivity index (χ1) is 15.3. The van der Waals surface area contributed by atoms with E-state index in [9.17, 15) is 18.0 Å². The summed E-state index contributed by atoms with van der Waals surface area (Å²) in [7, 11) is -1.30. The summed E-state index contributed by atoms with van der Waals surface area (Å²) >= 11 is 0. The normalized spacial score (nSPS) is 14.7. The minimum absolute atomic E-state index is 0.0561. The SMILES string of the molecule is COCCNC(=O)c1cc(S(=O)(=O)NC(=O)Nc2c3c(cc4c2CCC4)CCC3)nn1C. The van der Waals surface area contributed by atoms with E-state index in [4.69, 9.17) is 4.74 Å². The van der Waals surface area contributed by atoms with Crippen molar-refractivity contribution in [3.63, 3.8) is 0 Å². The molecule has 172 valence electrons. The molecule has 0 bridgehead atoms. The smallest absolute Gasteiger partial charge is 0.333 e. The number of nitrogens with zero attached hydrogens (tertiary/aromatic N) is 2. The van der Waals surface area contributed by atoms with Crippen molar-refractivity contribution in [2.75, 3.05) is 25.6 Å². The number of hydrogen-bond acceptors (Lipinski definition) is 6. The van der Waals surface area contributed by atoms with Crippen LogP contribution in [0.2, 0.25) is 0 Å². The van der Waals surface area contributed by atoms with Crippen LogP contribution in [0, 0.1) is 0 Å². The Hall–Kier alpha value is -2.92. The Kier molecular flexibility index (Phi) is 6.20. The zero-order chi connectivity index (χ0) is 22.9. The largest absolute Gasteiger partial charge is 0.383 e. The first kappa shape index (κ1) is 22.3. The Labute approximate surface area is 186 Å². The summed E-state index contributed by atoms with van der Waals surface area (Å²) in [5, 5.41) is 8.89. The van der Waals surface area contributed by atoms with E-state index in [0.29, 0.717) is 6.61 Å². The Morgan fingerprint density at radius 3 is 2.38 bits per heavy atom. The number of carbonyl (C=O) groups is 2. The molecule has 0 fully saturated rings. The number of aryl methyl sites for hydroxylation is 3. The molecule has 0 unspecified atom stereocenters. The van der Waals surface area contributed by atoms with Crippen LogP contribution in [0.5, 0.6) is 0 Å².